The van der Waals surface area contributed by atoms with Crippen LogP contribution in [0.15, 0.2) is 18.2 Å². The van der Waals surface area contributed by atoms with Crippen molar-refractivity contribution in [1.82, 2.24) is 5.32 Å². The van der Waals surface area contributed by atoms with Crippen LogP contribution in [0.25, 0.3) is 0 Å². The zero-order valence-corrected chi connectivity index (χ0v) is 10.5. The molecule has 2 N–H and O–H groups in total. The van der Waals surface area contributed by atoms with Crippen molar-refractivity contribution >= 4 is 0 Å². The van der Waals surface area contributed by atoms with Gasteiger partial charge in [-0.05, 0) is 38.6 Å². The molecule has 0 amide bonds. The van der Waals surface area contributed by atoms with Gasteiger partial charge in [0, 0.05) is 11.6 Å². The first-order valence-electron chi connectivity index (χ1n) is 5.86. The SMILES string of the molecule is CCC(O)COc1ccc(F)cc1C(C)NC. The molecule has 1 rings (SSSR count). The molecule has 0 heterocycles. The third kappa shape index (κ3) is 3.98. The van der Waals surface area contributed by atoms with Crippen molar-refractivity contribution in [3.8, 4) is 5.75 Å². The summed E-state index contributed by atoms with van der Waals surface area (Å²) in [6.45, 7) is 4.04. The van der Waals surface area contributed by atoms with Crippen molar-refractivity contribution in [3.63, 3.8) is 0 Å². The number of nitrogens with one attached hydrogen (secondary N) is 1. The molecule has 0 fully saturated rings. The lowest BCUT2D eigenvalue weighted by atomic mass is 10.1. The number of halogens is 1. The Balaban J connectivity index is 2.83. The quantitative estimate of drug-likeness (QED) is 0.802. The van der Waals surface area contributed by atoms with Gasteiger partial charge in [-0.2, -0.15) is 0 Å². The maximum atomic E-state index is 13.2. The van der Waals surface area contributed by atoms with E-state index in [1.807, 2.05) is 13.8 Å². The summed E-state index contributed by atoms with van der Waals surface area (Å²) in [5.74, 6) is 0.325. The highest BCUT2D eigenvalue weighted by atomic mass is 19.1. The van der Waals surface area contributed by atoms with Crippen molar-refractivity contribution in [2.75, 3.05) is 13.7 Å². The number of hydrogen-bond acceptors (Lipinski definition) is 3. The maximum Gasteiger partial charge on any atom is 0.124 e. The van der Waals surface area contributed by atoms with Crippen molar-refractivity contribution < 1.29 is 14.2 Å². The minimum Gasteiger partial charge on any atom is -0.491 e. The van der Waals surface area contributed by atoms with Gasteiger partial charge < -0.3 is 15.2 Å². The first-order chi connectivity index (χ1) is 8.08. The van der Waals surface area contributed by atoms with E-state index in [0.29, 0.717) is 12.2 Å². The molecule has 0 aliphatic rings. The van der Waals surface area contributed by atoms with E-state index in [0.717, 1.165) is 5.56 Å². The number of hydrogen-bond donors (Lipinski definition) is 2. The summed E-state index contributed by atoms with van der Waals surface area (Å²) >= 11 is 0. The molecule has 3 nitrogen and oxygen atoms in total. The van der Waals surface area contributed by atoms with Gasteiger partial charge in [0.15, 0.2) is 0 Å². The first kappa shape index (κ1) is 13.9. The molecule has 0 saturated carbocycles. The highest BCUT2D eigenvalue weighted by Crippen LogP contribution is 2.26. The molecule has 0 bridgehead atoms. The van der Waals surface area contributed by atoms with Gasteiger partial charge in [0.1, 0.15) is 18.2 Å². The molecule has 0 saturated heterocycles. The monoisotopic (exact) mass is 241 g/mol. The van der Waals surface area contributed by atoms with E-state index in [4.69, 9.17) is 4.74 Å². The topological polar surface area (TPSA) is 41.5 Å². The predicted octanol–water partition coefficient (Wildman–Crippen LogP) is 2.26. The largest absolute Gasteiger partial charge is 0.491 e. The minimum atomic E-state index is -0.488. The third-order valence-corrected chi connectivity index (χ3v) is 2.77. The van der Waals surface area contributed by atoms with E-state index in [-0.39, 0.29) is 18.5 Å². The molecule has 4 heteroatoms. The Morgan fingerprint density at radius 2 is 2.18 bits per heavy atom. The molecule has 0 radical (unpaired) electrons. The summed E-state index contributed by atoms with van der Waals surface area (Å²) in [4.78, 5) is 0. The van der Waals surface area contributed by atoms with Crippen LogP contribution in [0.2, 0.25) is 0 Å². The van der Waals surface area contributed by atoms with E-state index in [9.17, 15) is 9.50 Å². The van der Waals surface area contributed by atoms with Gasteiger partial charge >= 0.3 is 0 Å². The Kier molecular flexibility index (Phi) is 5.38. The normalized spacial score (nSPS) is 14.4. The molecule has 0 aromatic heterocycles. The molecular weight excluding hydrogens is 221 g/mol. The zero-order chi connectivity index (χ0) is 12.8. The molecule has 2 unspecified atom stereocenters. The van der Waals surface area contributed by atoms with Gasteiger partial charge in [0.2, 0.25) is 0 Å². The Hall–Kier alpha value is -1.13. The molecule has 1 aromatic carbocycles. The number of ether oxygens (including phenoxy) is 1. The summed E-state index contributed by atoms with van der Waals surface area (Å²) in [7, 11) is 1.81. The van der Waals surface area contributed by atoms with E-state index < -0.39 is 6.10 Å². The average molecular weight is 241 g/mol. The summed E-state index contributed by atoms with van der Waals surface area (Å²) in [5, 5.41) is 12.5. The van der Waals surface area contributed by atoms with Gasteiger partial charge in [0.05, 0.1) is 6.10 Å². The van der Waals surface area contributed by atoms with E-state index >= 15 is 0 Å². The van der Waals surface area contributed by atoms with Crippen molar-refractivity contribution in [2.24, 2.45) is 0 Å². The fraction of sp³-hybridized carbons (Fsp3) is 0.538. The van der Waals surface area contributed by atoms with Crippen LogP contribution < -0.4 is 10.1 Å². The summed E-state index contributed by atoms with van der Waals surface area (Å²) in [6.07, 6.45) is 0.149. The van der Waals surface area contributed by atoms with Crippen LogP contribution in [-0.4, -0.2) is 24.9 Å². The molecule has 1 aromatic rings. The minimum absolute atomic E-state index is 0.000491. The fourth-order valence-corrected chi connectivity index (χ4v) is 1.45. The van der Waals surface area contributed by atoms with Crippen LogP contribution in [0.5, 0.6) is 5.75 Å². The van der Waals surface area contributed by atoms with Crippen LogP contribution >= 0.6 is 0 Å². The highest BCUT2D eigenvalue weighted by molar-refractivity contribution is 5.36. The van der Waals surface area contributed by atoms with Crippen LogP contribution in [0.1, 0.15) is 31.9 Å². The summed E-state index contributed by atoms with van der Waals surface area (Å²) in [6, 6.07) is 4.41. The average Bonchev–Trinajstić information content (AvgIpc) is 2.35. The fourth-order valence-electron chi connectivity index (χ4n) is 1.45. The third-order valence-electron chi connectivity index (χ3n) is 2.77. The Bertz CT molecular complexity index is 357. The Morgan fingerprint density at radius 3 is 2.76 bits per heavy atom. The zero-order valence-electron chi connectivity index (χ0n) is 10.5. The number of rotatable bonds is 6. The van der Waals surface area contributed by atoms with Gasteiger partial charge in [-0.15, -0.1) is 0 Å². The molecule has 0 aliphatic carbocycles. The molecular formula is C13H20FNO2. The smallest absolute Gasteiger partial charge is 0.124 e. The van der Waals surface area contributed by atoms with Crippen molar-refractivity contribution in [1.29, 1.82) is 0 Å². The van der Waals surface area contributed by atoms with E-state index in [1.54, 1.807) is 13.1 Å². The first-order valence-corrected chi connectivity index (χ1v) is 5.86. The molecule has 17 heavy (non-hydrogen) atoms. The highest BCUT2D eigenvalue weighted by Gasteiger charge is 2.12. The maximum absolute atomic E-state index is 13.2. The standard InChI is InChI=1S/C13H20FNO2/c1-4-11(16)8-17-13-6-5-10(14)7-12(13)9(2)15-3/h5-7,9,11,15-16H,4,8H2,1-3H3. The number of aliphatic hydroxyl groups excluding tert-OH is 1. The van der Waals surface area contributed by atoms with Crippen LogP contribution in [-0.2, 0) is 0 Å². The molecule has 2 atom stereocenters. The van der Waals surface area contributed by atoms with Crippen LogP contribution in [0.3, 0.4) is 0 Å². The second-order valence-electron chi connectivity index (χ2n) is 4.07. The Labute approximate surface area is 102 Å². The van der Waals surface area contributed by atoms with Crippen LogP contribution in [0, 0.1) is 5.82 Å². The van der Waals surface area contributed by atoms with E-state index in [2.05, 4.69) is 5.32 Å². The van der Waals surface area contributed by atoms with Gasteiger partial charge in [-0.3, -0.25) is 0 Å². The van der Waals surface area contributed by atoms with Crippen molar-refractivity contribution in [2.45, 2.75) is 32.4 Å². The number of aliphatic hydroxyl groups is 1. The van der Waals surface area contributed by atoms with Gasteiger partial charge in [0.25, 0.3) is 0 Å². The van der Waals surface area contributed by atoms with Gasteiger partial charge in [-0.25, -0.2) is 4.39 Å². The lowest BCUT2D eigenvalue weighted by Crippen LogP contribution is -2.19. The van der Waals surface area contributed by atoms with Crippen molar-refractivity contribution in [3.05, 3.63) is 29.6 Å². The second kappa shape index (κ2) is 6.57. The summed E-state index contributed by atoms with van der Waals surface area (Å²) < 4.78 is 18.7. The lowest BCUT2D eigenvalue weighted by Gasteiger charge is -2.18. The van der Waals surface area contributed by atoms with Crippen LogP contribution in [0.4, 0.5) is 4.39 Å². The molecule has 96 valence electrons. The number of benzene rings is 1. The molecule has 0 spiro atoms. The summed E-state index contributed by atoms with van der Waals surface area (Å²) in [5.41, 5.74) is 0.760. The Morgan fingerprint density at radius 1 is 1.47 bits per heavy atom. The predicted molar refractivity (Wildman–Crippen MR) is 65.7 cm³/mol. The molecule has 0 aliphatic heterocycles. The van der Waals surface area contributed by atoms with E-state index in [1.165, 1.54) is 12.1 Å². The van der Waals surface area contributed by atoms with Gasteiger partial charge in [-0.1, -0.05) is 6.92 Å². The lowest BCUT2D eigenvalue weighted by molar-refractivity contribution is 0.103. The second-order valence-corrected chi connectivity index (χ2v) is 4.07.